The Morgan fingerprint density at radius 3 is 2.20 bits per heavy atom. The van der Waals surface area contributed by atoms with E-state index in [4.69, 9.17) is 0 Å². The summed E-state index contributed by atoms with van der Waals surface area (Å²) in [6, 6.07) is 0. The Balaban J connectivity index is 2.26. The summed E-state index contributed by atoms with van der Waals surface area (Å²) < 4.78 is 38.0. The molecule has 0 heterocycles. The monoisotopic (exact) mass is 217 g/mol. The summed E-state index contributed by atoms with van der Waals surface area (Å²) in [5.74, 6) is 0. The number of hydrogen-bond donors (Lipinski definition) is 0. The molecule has 10 heavy (non-hydrogen) atoms. The molecule has 59 valence electrons. The Morgan fingerprint density at radius 2 is 2.10 bits per heavy atom. The Labute approximate surface area is 64.7 Å². The van der Waals surface area contributed by atoms with Gasteiger partial charge in [0.05, 0.1) is 6.10 Å². The molecule has 0 amide bonds. The molecule has 2 atom stereocenters. The van der Waals surface area contributed by atoms with Crippen LogP contribution in [-0.2, 0) is 4.74 Å². The molecular formula is C5H5BrF3O. The second kappa shape index (κ2) is 2.70. The van der Waals surface area contributed by atoms with Gasteiger partial charge in [-0.1, -0.05) is 15.9 Å². The van der Waals surface area contributed by atoms with Crippen LogP contribution >= 0.6 is 15.9 Å². The van der Waals surface area contributed by atoms with E-state index in [1.54, 1.807) is 6.42 Å². The van der Waals surface area contributed by atoms with Crippen molar-refractivity contribution in [1.29, 1.82) is 0 Å². The van der Waals surface area contributed by atoms with E-state index in [1.807, 2.05) is 0 Å². The van der Waals surface area contributed by atoms with Crippen LogP contribution in [0.1, 0.15) is 6.42 Å². The molecule has 1 aliphatic carbocycles. The minimum Gasteiger partial charge on any atom is -0.287 e. The molecule has 1 aliphatic rings. The first kappa shape index (κ1) is 8.33. The molecule has 1 fully saturated rings. The lowest BCUT2D eigenvalue weighted by molar-refractivity contribution is -0.345. The number of hydrogen-bond acceptors (Lipinski definition) is 1. The van der Waals surface area contributed by atoms with Crippen molar-refractivity contribution in [1.82, 2.24) is 0 Å². The highest BCUT2D eigenvalue weighted by Crippen LogP contribution is 2.33. The number of rotatable bonds is 1. The molecule has 0 aromatic heterocycles. The van der Waals surface area contributed by atoms with Crippen molar-refractivity contribution < 1.29 is 17.9 Å². The van der Waals surface area contributed by atoms with Crippen molar-refractivity contribution in [3.05, 3.63) is 6.42 Å². The normalized spacial score (nSPS) is 33.6. The molecule has 0 aliphatic heterocycles. The van der Waals surface area contributed by atoms with E-state index in [1.165, 1.54) is 0 Å². The second-order valence-corrected chi connectivity index (χ2v) is 3.08. The van der Waals surface area contributed by atoms with Crippen LogP contribution in [-0.4, -0.2) is 17.3 Å². The van der Waals surface area contributed by atoms with Gasteiger partial charge in [-0.05, 0) is 12.8 Å². The molecular weight excluding hydrogens is 213 g/mol. The Bertz CT molecular complexity index is 125. The van der Waals surface area contributed by atoms with Crippen molar-refractivity contribution in [3.8, 4) is 0 Å². The highest BCUT2D eigenvalue weighted by Gasteiger charge is 2.40. The quantitative estimate of drug-likeness (QED) is 0.613. The standard InChI is InChI=1S/C5H5BrF3O/c6-3-1-2-4(3)10-5(7,8)9/h1,3-4H,2H2. The van der Waals surface area contributed by atoms with Crippen LogP contribution in [0.5, 0.6) is 0 Å². The van der Waals surface area contributed by atoms with Crippen molar-refractivity contribution in [2.24, 2.45) is 0 Å². The fourth-order valence-electron chi connectivity index (χ4n) is 0.635. The molecule has 1 rings (SSSR count). The van der Waals surface area contributed by atoms with E-state index in [0.717, 1.165) is 0 Å². The molecule has 0 bridgehead atoms. The first-order chi connectivity index (χ1) is 4.49. The third-order valence-electron chi connectivity index (χ3n) is 1.23. The van der Waals surface area contributed by atoms with E-state index in [2.05, 4.69) is 20.7 Å². The highest BCUT2D eigenvalue weighted by molar-refractivity contribution is 9.09. The molecule has 5 heteroatoms. The van der Waals surface area contributed by atoms with Crippen LogP contribution in [0, 0.1) is 6.42 Å². The molecule has 2 unspecified atom stereocenters. The predicted molar refractivity (Wildman–Crippen MR) is 32.6 cm³/mol. The molecule has 0 saturated heterocycles. The van der Waals surface area contributed by atoms with Gasteiger partial charge < -0.3 is 0 Å². The zero-order chi connectivity index (χ0) is 7.78. The van der Waals surface area contributed by atoms with Gasteiger partial charge in [-0.2, -0.15) is 0 Å². The number of halogens is 4. The summed E-state index contributed by atoms with van der Waals surface area (Å²) in [7, 11) is 0. The van der Waals surface area contributed by atoms with E-state index in [-0.39, 0.29) is 4.83 Å². The Kier molecular flexibility index (Phi) is 2.24. The van der Waals surface area contributed by atoms with Crippen LogP contribution in [0.4, 0.5) is 13.2 Å². The van der Waals surface area contributed by atoms with Gasteiger partial charge in [0, 0.05) is 4.83 Å². The SMILES string of the molecule is FC(F)(F)OC1C[CH]C1Br. The van der Waals surface area contributed by atoms with Crippen molar-refractivity contribution in [2.45, 2.75) is 23.7 Å². The third kappa shape index (κ3) is 2.12. The zero-order valence-electron chi connectivity index (χ0n) is 4.86. The van der Waals surface area contributed by atoms with Crippen LogP contribution in [0.3, 0.4) is 0 Å². The van der Waals surface area contributed by atoms with Crippen LogP contribution in [0.2, 0.25) is 0 Å². The minimum atomic E-state index is -4.50. The molecule has 1 nitrogen and oxygen atoms in total. The average Bonchev–Trinajstić information content (AvgIpc) is 1.78. The number of alkyl halides is 4. The Morgan fingerprint density at radius 1 is 1.50 bits per heavy atom. The zero-order valence-corrected chi connectivity index (χ0v) is 6.45. The summed E-state index contributed by atoms with van der Waals surface area (Å²) in [4.78, 5) is -0.242. The first-order valence-electron chi connectivity index (χ1n) is 2.71. The van der Waals surface area contributed by atoms with Gasteiger partial charge in [0.25, 0.3) is 0 Å². The van der Waals surface area contributed by atoms with Crippen LogP contribution in [0.15, 0.2) is 0 Å². The largest absolute Gasteiger partial charge is 0.522 e. The fraction of sp³-hybridized carbons (Fsp3) is 0.800. The van der Waals surface area contributed by atoms with Gasteiger partial charge in [-0.3, -0.25) is 4.74 Å². The second-order valence-electron chi connectivity index (χ2n) is 2.02. The predicted octanol–water partition coefficient (Wildman–Crippen LogP) is 2.26. The first-order valence-corrected chi connectivity index (χ1v) is 3.62. The van der Waals surface area contributed by atoms with Gasteiger partial charge in [-0.25, -0.2) is 0 Å². The number of ether oxygens (including phenoxy) is 1. The maximum atomic E-state index is 11.4. The Hall–Kier alpha value is 0.230. The van der Waals surface area contributed by atoms with Crippen LogP contribution in [0.25, 0.3) is 0 Å². The molecule has 0 aromatic rings. The minimum absolute atomic E-state index is 0.242. The summed E-state index contributed by atoms with van der Waals surface area (Å²) in [5, 5.41) is 0. The lowest BCUT2D eigenvalue weighted by Crippen LogP contribution is -2.39. The van der Waals surface area contributed by atoms with Crippen LogP contribution < -0.4 is 0 Å². The topological polar surface area (TPSA) is 9.23 Å². The lowest BCUT2D eigenvalue weighted by Gasteiger charge is -2.31. The summed E-state index contributed by atoms with van der Waals surface area (Å²) in [5.41, 5.74) is 0. The maximum absolute atomic E-state index is 11.4. The summed E-state index contributed by atoms with van der Waals surface area (Å²) >= 11 is 3.00. The van der Waals surface area contributed by atoms with Crippen molar-refractivity contribution >= 4 is 15.9 Å². The fourth-order valence-corrected chi connectivity index (χ4v) is 1.17. The van der Waals surface area contributed by atoms with E-state index in [0.29, 0.717) is 6.42 Å². The lowest BCUT2D eigenvalue weighted by atomic mass is 9.96. The molecule has 1 saturated carbocycles. The maximum Gasteiger partial charge on any atom is 0.522 e. The molecule has 0 N–H and O–H groups in total. The van der Waals surface area contributed by atoms with Gasteiger partial charge >= 0.3 is 6.36 Å². The highest BCUT2D eigenvalue weighted by atomic mass is 79.9. The summed E-state index contributed by atoms with van der Waals surface area (Å²) in [6.45, 7) is 0. The van der Waals surface area contributed by atoms with E-state index in [9.17, 15) is 13.2 Å². The molecule has 0 spiro atoms. The van der Waals surface area contributed by atoms with Gasteiger partial charge in [-0.15, -0.1) is 13.2 Å². The molecule has 1 radical (unpaired) electrons. The summed E-state index contributed by atoms with van der Waals surface area (Å²) in [6.07, 6.45) is -3.13. The molecule has 0 aromatic carbocycles. The third-order valence-corrected chi connectivity index (χ3v) is 2.20. The van der Waals surface area contributed by atoms with E-state index >= 15 is 0 Å². The van der Waals surface area contributed by atoms with E-state index < -0.39 is 12.5 Å². The average molecular weight is 218 g/mol. The van der Waals surface area contributed by atoms with Crippen molar-refractivity contribution in [3.63, 3.8) is 0 Å². The van der Waals surface area contributed by atoms with Gasteiger partial charge in [0.2, 0.25) is 0 Å². The smallest absolute Gasteiger partial charge is 0.287 e. The van der Waals surface area contributed by atoms with Crippen molar-refractivity contribution in [2.75, 3.05) is 0 Å². The van der Waals surface area contributed by atoms with Gasteiger partial charge in [0.1, 0.15) is 0 Å². The van der Waals surface area contributed by atoms with Gasteiger partial charge in [0.15, 0.2) is 0 Å².